The Bertz CT molecular complexity index is 774. The van der Waals surface area contributed by atoms with E-state index in [1.165, 1.54) is 6.07 Å². The maximum atomic E-state index is 12.3. The fraction of sp³-hybridized carbons (Fsp3) is 0.278. The molecule has 0 aliphatic carbocycles. The number of sulfone groups is 1. The Kier molecular flexibility index (Phi) is 6.87. The van der Waals surface area contributed by atoms with Gasteiger partial charge in [0, 0.05) is 17.2 Å². The summed E-state index contributed by atoms with van der Waals surface area (Å²) < 4.78 is 24.6. The van der Waals surface area contributed by atoms with Crippen molar-refractivity contribution in [2.24, 2.45) is 0 Å². The summed E-state index contributed by atoms with van der Waals surface area (Å²) in [6.07, 6.45) is 0.520. The Morgan fingerprint density at radius 1 is 1.04 bits per heavy atom. The lowest BCUT2D eigenvalue weighted by molar-refractivity contribution is 0.0953. The third-order valence-electron chi connectivity index (χ3n) is 3.34. The van der Waals surface area contributed by atoms with Gasteiger partial charge >= 0.3 is 0 Å². The van der Waals surface area contributed by atoms with Gasteiger partial charge in [-0.05, 0) is 30.7 Å². The molecule has 128 valence electrons. The van der Waals surface area contributed by atoms with Gasteiger partial charge in [-0.15, -0.1) is 11.8 Å². The summed E-state index contributed by atoms with van der Waals surface area (Å²) in [5, 5.41) is 2.80. The molecule has 0 aliphatic heterocycles. The van der Waals surface area contributed by atoms with Crippen molar-refractivity contribution in [1.29, 1.82) is 0 Å². The highest BCUT2D eigenvalue weighted by molar-refractivity contribution is 7.99. The van der Waals surface area contributed by atoms with Crippen molar-refractivity contribution >= 4 is 27.5 Å². The van der Waals surface area contributed by atoms with Crippen molar-refractivity contribution < 1.29 is 13.2 Å². The van der Waals surface area contributed by atoms with E-state index in [2.05, 4.69) is 5.32 Å². The zero-order valence-corrected chi connectivity index (χ0v) is 15.2. The molecule has 0 aliphatic rings. The molecule has 0 spiro atoms. The number of nitrogens with one attached hydrogen (secondary N) is 1. The van der Waals surface area contributed by atoms with E-state index in [4.69, 9.17) is 0 Å². The molecule has 1 amide bonds. The zero-order valence-electron chi connectivity index (χ0n) is 13.6. The molecule has 0 atom stereocenters. The quantitative estimate of drug-likeness (QED) is 0.577. The summed E-state index contributed by atoms with van der Waals surface area (Å²) in [6.45, 7) is 2.28. The Morgan fingerprint density at radius 3 is 2.42 bits per heavy atom. The number of carbonyl (C=O) groups excluding carboxylic acids is 1. The molecule has 0 fully saturated rings. The van der Waals surface area contributed by atoms with Gasteiger partial charge in [0.25, 0.3) is 5.91 Å². The third kappa shape index (κ3) is 5.11. The van der Waals surface area contributed by atoms with Crippen molar-refractivity contribution in [2.45, 2.75) is 23.1 Å². The topological polar surface area (TPSA) is 63.2 Å². The van der Waals surface area contributed by atoms with Crippen LogP contribution in [0.5, 0.6) is 0 Å². The van der Waals surface area contributed by atoms with Crippen LogP contribution in [0.4, 0.5) is 0 Å². The first-order valence-corrected chi connectivity index (χ1v) is 10.5. The molecule has 0 aromatic heterocycles. The molecule has 0 saturated heterocycles. The average molecular weight is 364 g/mol. The van der Waals surface area contributed by atoms with E-state index >= 15 is 0 Å². The van der Waals surface area contributed by atoms with Gasteiger partial charge in [0.2, 0.25) is 0 Å². The Labute approximate surface area is 147 Å². The maximum Gasteiger partial charge on any atom is 0.252 e. The fourth-order valence-electron chi connectivity index (χ4n) is 2.25. The van der Waals surface area contributed by atoms with Crippen LogP contribution in [0.2, 0.25) is 0 Å². The number of hydrogen-bond acceptors (Lipinski definition) is 4. The summed E-state index contributed by atoms with van der Waals surface area (Å²) in [5.41, 5.74) is 0.218. The van der Waals surface area contributed by atoms with Crippen LogP contribution in [0.15, 0.2) is 64.4 Å². The van der Waals surface area contributed by atoms with Crippen LogP contribution in [0.3, 0.4) is 0 Å². The molecule has 0 radical (unpaired) electrons. The van der Waals surface area contributed by atoms with Crippen LogP contribution in [0.1, 0.15) is 23.7 Å². The molecule has 0 unspecified atom stereocenters. The van der Waals surface area contributed by atoms with E-state index in [-0.39, 0.29) is 22.1 Å². The fourth-order valence-corrected chi connectivity index (χ4v) is 4.58. The minimum Gasteiger partial charge on any atom is -0.351 e. The Morgan fingerprint density at radius 2 is 1.71 bits per heavy atom. The second kappa shape index (κ2) is 8.89. The molecule has 2 rings (SSSR count). The molecule has 0 bridgehead atoms. The highest BCUT2D eigenvalue weighted by Gasteiger charge is 2.21. The summed E-state index contributed by atoms with van der Waals surface area (Å²) in [7, 11) is -3.43. The van der Waals surface area contributed by atoms with Gasteiger partial charge in [0.1, 0.15) is 0 Å². The van der Waals surface area contributed by atoms with E-state index in [0.717, 1.165) is 10.6 Å². The molecule has 0 heterocycles. The van der Waals surface area contributed by atoms with Crippen molar-refractivity contribution in [3.63, 3.8) is 0 Å². The Hall–Kier alpha value is -1.79. The van der Waals surface area contributed by atoms with Gasteiger partial charge in [0.15, 0.2) is 9.84 Å². The number of amides is 1. The standard InChI is InChI=1S/C18H21NO3S2/c1-2-14-24(21,22)17-11-7-6-10-16(17)18(20)19-12-13-23-15-8-4-3-5-9-15/h3-11H,2,12-14H2,1H3,(H,19,20). The Balaban J connectivity index is 1.98. The van der Waals surface area contributed by atoms with Crippen LogP contribution in [0, 0.1) is 0 Å². The van der Waals surface area contributed by atoms with Gasteiger partial charge in [-0.2, -0.15) is 0 Å². The first-order chi connectivity index (χ1) is 11.5. The lowest BCUT2D eigenvalue weighted by atomic mass is 10.2. The predicted molar refractivity (Wildman–Crippen MR) is 98.3 cm³/mol. The van der Waals surface area contributed by atoms with E-state index in [0.29, 0.717) is 13.0 Å². The van der Waals surface area contributed by atoms with Crippen LogP contribution in [0.25, 0.3) is 0 Å². The van der Waals surface area contributed by atoms with E-state index < -0.39 is 9.84 Å². The van der Waals surface area contributed by atoms with Crippen LogP contribution >= 0.6 is 11.8 Å². The first-order valence-electron chi connectivity index (χ1n) is 7.82. The largest absolute Gasteiger partial charge is 0.351 e. The van der Waals surface area contributed by atoms with E-state index in [1.54, 1.807) is 36.9 Å². The lowest BCUT2D eigenvalue weighted by Gasteiger charge is -2.10. The zero-order chi connectivity index (χ0) is 17.4. The minimum absolute atomic E-state index is 0.0428. The highest BCUT2D eigenvalue weighted by Crippen LogP contribution is 2.18. The minimum atomic E-state index is -3.43. The smallest absolute Gasteiger partial charge is 0.252 e. The number of carbonyl (C=O) groups is 1. The molecule has 1 N–H and O–H groups in total. The molecule has 24 heavy (non-hydrogen) atoms. The van der Waals surface area contributed by atoms with Crippen LogP contribution in [-0.4, -0.2) is 32.4 Å². The molecule has 2 aromatic rings. The third-order valence-corrected chi connectivity index (χ3v) is 6.32. The molecule has 6 heteroatoms. The summed E-state index contributed by atoms with van der Waals surface area (Å²) >= 11 is 1.64. The molecule has 2 aromatic carbocycles. The van der Waals surface area contributed by atoms with Gasteiger partial charge in [-0.1, -0.05) is 37.3 Å². The normalized spacial score (nSPS) is 11.2. The van der Waals surface area contributed by atoms with Gasteiger partial charge < -0.3 is 5.32 Å². The van der Waals surface area contributed by atoms with Crippen LogP contribution < -0.4 is 5.32 Å². The summed E-state index contributed by atoms with van der Waals surface area (Å²) in [5.74, 6) is 0.416. The highest BCUT2D eigenvalue weighted by atomic mass is 32.2. The van der Waals surface area contributed by atoms with Crippen molar-refractivity contribution in [3.05, 3.63) is 60.2 Å². The second-order valence-corrected chi connectivity index (χ2v) is 8.48. The van der Waals surface area contributed by atoms with E-state index in [1.807, 2.05) is 30.3 Å². The number of thioether (sulfide) groups is 1. The molecule has 0 saturated carbocycles. The lowest BCUT2D eigenvalue weighted by Crippen LogP contribution is -2.27. The maximum absolute atomic E-state index is 12.3. The van der Waals surface area contributed by atoms with Gasteiger partial charge in [-0.25, -0.2) is 8.42 Å². The molecular weight excluding hydrogens is 342 g/mol. The molecular formula is C18H21NO3S2. The average Bonchev–Trinajstić information content (AvgIpc) is 2.59. The van der Waals surface area contributed by atoms with Crippen molar-refractivity contribution in [3.8, 4) is 0 Å². The summed E-state index contributed by atoms with van der Waals surface area (Å²) in [4.78, 5) is 13.6. The number of hydrogen-bond donors (Lipinski definition) is 1. The van der Waals surface area contributed by atoms with Gasteiger partial charge in [-0.3, -0.25) is 4.79 Å². The second-order valence-electron chi connectivity index (χ2n) is 5.23. The monoisotopic (exact) mass is 363 g/mol. The summed E-state index contributed by atoms with van der Waals surface area (Å²) in [6, 6.07) is 16.3. The predicted octanol–water partition coefficient (Wildman–Crippen LogP) is 3.39. The number of rotatable bonds is 8. The van der Waals surface area contributed by atoms with E-state index in [9.17, 15) is 13.2 Å². The van der Waals surface area contributed by atoms with Gasteiger partial charge in [0.05, 0.1) is 16.2 Å². The SMILES string of the molecule is CCCS(=O)(=O)c1ccccc1C(=O)NCCSc1ccccc1. The van der Waals surface area contributed by atoms with Crippen molar-refractivity contribution in [1.82, 2.24) is 5.32 Å². The van der Waals surface area contributed by atoms with Crippen molar-refractivity contribution in [2.75, 3.05) is 18.1 Å². The first kappa shape index (κ1) is 18.5. The van der Waals surface area contributed by atoms with Crippen LogP contribution in [-0.2, 0) is 9.84 Å². The number of benzene rings is 2. The molecule has 4 nitrogen and oxygen atoms in total.